The summed E-state index contributed by atoms with van der Waals surface area (Å²) in [4.78, 5) is 25.3. The number of carbonyl (C=O) groups excluding carboxylic acids is 1. The first-order valence-corrected chi connectivity index (χ1v) is 6.97. The summed E-state index contributed by atoms with van der Waals surface area (Å²) >= 11 is 0. The zero-order valence-corrected chi connectivity index (χ0v) is 12.7. The van der Waals surface area contributed by atoms with Crippen LogP contribution >= 0.6 is 12.4 Å². The van der Waals surface area contributed by atoms with Gasteiger partial charge in [0.1, 0.15) is 5.82 Å². The molecule has 1 amide bonds. The second-order valence-electron chi connectivity index (χ2n) is 5.97. The quantitative estimate of drug-likeness (QED) is 0.877. The van der Waals surface area contributed by atoms with Crippen LogP contribution in [-0.4, -0.2) is 40.5 Å². The minimum Gasteiger partial charge on any atom is -0.481 e. The summed E-state index contributed by atoms with van der Waals surface area (Å²) in [6.07, 6.45) is 1.31. The maximum Gasteiger partial charge on any atom is 0.308 e. The lowest BCUT2D eigenvalue weighted by atomic mass is 9.89. The zero-order chi connectivity index (χ0) is 15.2. The number of amides is 1. The Hall–Kier alpha value is -1.66. The first-order valence-electron chi connectivity index (χ1n) is 6.97. The van der Waals surface area contributed by atoms with Crippen molar-refractivity contribution in [2.45, 2.75) is 24.3 Å². The number of benzene rings is 1. The van der Waals surface area contributed by atoms with Crippen molar-refractivity contribution in [3.63, 3.8) is 0 Å². The van der Waals surface area contributed by atoms with E-state index < -0.39 is 17.4 Å². The number of aliphatic carboxylic acids is 1. The smallest absolute Gasteiger partial charge is 0.308 e. The molecule has 1 aliphatic carbocycles. The second kappa shape index (κ2) is 5.85. The number of likely N-dealkylation sites (tertiary alicyclic amines) is 1. The van der Waals surface area contributed by atoms with Crippen LogP contribution < -0.4 is 5.73 Å². The Kier molecular flexibility index (Phi) is 4.44. The number of carboxylic acids is 1. The van der Waals surface area contributed by atoms with Gasteiger partial charge in [0.2, 0.25) is 5.91 Å². The van der Waals surface area contributed by atoms with E-state index >= 15 is 0 Å². The van der Waals surface area contributed by atoms with Gasteiger partial charge in [-0.3, -0.25) is 9.59 Å². The Morgan fingerprint density at radius 1 is 1.23 bits per heavy atom. The van der Waals surface area contributed by atoms with Gasteiger partial charge in [-0.2, -0.15) is 0 Å². The Morgan fingerprint density at radius 3 is 2.32 bits per heavy atom. The van der Waals surface area contributed by atoms with Crippen molar-refractivity contribution >= 4 is 24.3 Å². The highest BCUT2D eigenvalue weighted by Gasteiger charge is 2.51. The number of nitrogens with zero attached hydrogens (tertiary/aromatic N) is 1. The number of carboxylic acid groups (broad SMARTS) is 1. The molecule has 1 saturated heterocycles. The largest absolute Gasteiger partial charge is 0.481 e. The van der Waals surface area contributed by atoms with E-state index in [1.54, 1.807) is 17.0 Å². The van der Waals surface area contributed by atoms with Gasteiger partial charge in [0, 0.05) is 19.0 Å². The van der Waals surface area contributed by atoms with Crippen LogP contribution in [0.25, 0.3) is 0 Å². The average Bonchev–Trinajstić information content (AvgIpc) is 3.04. The molecule has 120 valence electrons. The molecule has 22 heavy (non-hydrogen) atoms. The van der Waals surface area contributed by atoms with Crippen LogP contribution in [0.2, 0.25) is 0 Å². The molecule has 0 bridgehead atoms. The van der Waals surface area contributed by atoms with Gasteiger partial charge in [-0.15, -0.1) is 12.4 Å². The molecule has 2 fully saturated rings. The molecule has 0 spiro atoms. The first kappa shape index (κ1) is 16.7. The summed E-state index contributed by atoms with van der Waals surface area (Å²) in [5.74, 6) is -2.48. The highest BCUT2D eigenvalue weighted by atomic mass is 35.5. The van der Waals surface area contributed by atoms with E-state index in [1.165, 1.54) is 12.1 Å². The van der Waals surface area contributed by atoms with Crippen molar-refractivity contribution in [2.75, 3.05) is 13.1 Å². The lowest BCUT2D eigenvalue weighted by Crippen LogP contribution is -2.44. The van der Waals surface area contributed by atoms with Crippen molar-refractivity contribution in [3.8, 4) is 0 Å². The average molecular weight is 329 g/mol. The minimum absolute atomic E-state index is 0. The summed E-state index contributed by atoms with van der Waals surface area (Å²) in [5.41, 5.74) is 5.85. The minimum atomic E-state index is -0.943. The third kappa shape index (κ3) is 2.94. The lowest BCUT2D eigenvalue weighted by molar-refractivity contribution is -0.142. The van der Waals surface area contributed by atoms with Crippen LogP contribution in [0.5, 0.6) is 0 Å². The topological polar surface area (TPSA) is 83.6 Å². The van der Waals surface area contributed by atoms with Crippen LogP contribution in [0.1, 0.15) is 24.3 Å². The Morgan fingerprint density at radius 2 is 1.82 bits per heavy atom. The van der Waals surface area contributed by atoms with Gasteiger partial charge < -0.3 is 15.7 Å². The third-order valence-corrected chi connectivity index (χ3v) is 4.44. The summed E-state index contributed by atoms with van der Waals surface area (Å²) in [6.45, 7) is 0.482. The number of hydrogen-bond acceptors (Lipinski definition) is 3. The van der Waals surface area contributed by atoms with E-state index in [2.05, 4.69) is 0 Å². The molecule has 3 rings (SSSR count). The fourth-order valence-electron chi connectivity index (χ4n) is 2.93. The van der Waals surface area contributed by atoms with E-state index in [0.29, 0.717) is 19.4 Å². The van der Waals surface area contributed by atoms with Crippen molar-refractivity contribution in [1.29, 1.82) is 0 Å². The van der Waals surface area contributed by atoms with Crippen molar-refractivity contribution < 1.29 is 19.1 Å². The Labute approximate surface area is 133 Å². The molecule has 1 saturated carbocycles. The van der Waals surface area contributed by atoms with Gasteiger partial charge in [0.15, 0.2) is 0 Å². The van der Waals surface area contributed by atoms with Gasteiger partial charge in [-0.25, -0.2) is 4.39 Å². The summed E-state index contributed by atoms with van der Waals surface area (Å²) in [7, 11) is 0. The molecular formula is C15H18ClFN2O3. The molecular weight excluding hydrogens is 311 g/mol. The zero-order valence-electron chi connectivity index (χ0n) is 11.9. The molecule has 1 aliphatic heterocycles. The molecule has 7 heteroatoms. The van der Waals surface area contributed by atoms with Crippen LogP contribution in [0.15, 0.2) is 24.3 Å². The highest BCUT2D eigenvalue weighted by molar-refractivity contribution is 5.90. The predicted octanol–water partition coefficient (Wildman–Crippen LogP) is 1.37. The molecule has 2 atom stereocenters. The normalized spacial score (nSPS) is 25.5. The number of rotatable bonds is 3. The van der Waals surface area contributed by atoms with Crippen molar-refractivity contribution in [3.05, 3.63) is 35.6 Å². The highest BCUT2D eigenvalue weighted by Crippen LogP contribution is 2.39. The predicted molar refractivity (Wildman–Crippen MR) is 80.2 cm³/mol. The van der Waals surface area contributed by atoms with Gasteiger partial charge in [-0.05, 0) is 30.5 Å². The third-order valence-electron chi connectivity index (χ3n) is 4.44. The fourth-order valence-corrected chi connectivity index (χ4v) is 2.93. The SMILES string of the molecule is Cl.NC1(C(=O)N2C[C@@H](C(=O)O)[C@H](c3ccc(F)cc3)C2)CC1. The van der Waals surface area contributed by atoms with Gasteiger partial charge in [0.05, 0.1) is 11.5 Å². The van der Waals surface area contributed by atoms with E-state index in [4.69, 9.17) is 5.73 Å². The second-order valence-corrected chi connectivity index (χ2v) is 5.97. The molecule has 3 N–H and O–H groups in total. The van der Waals surface area contributed by atoms with Gasteiger partial charge >= 0.3 is 5.97 Å². The molecule has 0 unspecified atom stereocenters. The molecule has 1 aromatic rings. The van der Waals surface area contributed by atoms with Crippen molar-refractivity contribution in [2.24, 2.45) is 11.7 Å². The van der Waals surface area contributed by atoms with E-state index in [1.807, 2.05) is 0 Å². The Balaban J connectivity index is 0.00000176. The van der Waals surface area contributed by atoms with Crippen molar-refractivity contribution in [1.82, 2.24) is 4.90 Å². The van der Waals surface area contributed by atoms with Crippen LogP contribution in [0, 0.1) is 11.7 Å². The molecule has 1 aromatic carbocycles. The lowest BCUT2D eigenvalue weighted by Gasteiger charge is -2.20. The number of carbonyl (C=O) groups is 2. The molecule has 5 nitrogen and oxygen atoms in total. The molecule has 0 aromatic heterocycles. The number of nitrogens with two attached hydrogens (primary N) is 1. The number of hydrogen-bond donors (Lipinski definition) is 2. The van der Waals surface area contributed by atoms with E-state index in [-0.39, 0.29) is 36.6 Å². The number of halogens is 2. The van der Waals surface area contributed by atoms with E-state index in [9.17, 15) is 19.1 Å². The summed E-state index contributed by atoms with van der Waals surface area (Å²) in [6, 6.07) is 5.78. The summed E-state index contributed by atoms with van der Waals surface area (Å²) in [5, 5.41) is 9.37. The molecule has 0 radical (unpaired) electrons. The molecule has 2 aliphatic rings. The van der Waals surface area contributed by atoms with E-state index in [0.717, 1.165) is 5.56 Å². The Bertz CT molecular complexity index is 589. The molecule has 1 heterocycles. The monoisotopic (exact) mass is 328 g/mol. The maximum absolute atomic E-state index is 13.0. The van der Waals surface area contributed by atoms with Crippen LogP contribution in [0.4, 0.5) is 4.39 Å². The maximum atomic E-state index is 13.0. The first-order chi connectivity index (χ1) is 9.90. The van der Waals surface area contributed by atoms with Gasteiger partial charge in [0.25, 0.3) is 0 Å². The van der Waals surface area contributed by atoms with Gasteiger partial charge in [-0.1, -0.05) is 12.1 Å². The van der Waals surface area contributed by atoms with Crippen LogP contribution in [0.3, 0.4) is 0 Å². The summed E-state index contributed by atoms with van der Waals surface area (Å²) < 4.78 is 13.0. The van der Waals surface area contributed by atoms with Crippen LogP contribution in [-0.2, 0) is 9.59 Å². The standard InChI is InChI=1S/C15H17FN2O3.ClH/c16-10-3-1-9(2-4-10)11-7-18(8-12(11)13(19)20)14(21)15(17)5-6-15;/h1-4,11-12H,5-8,17H2,(H,19,20);1H/t11-,12+;/m0./s1. The fraction of sp³-hybridized carbons (Fsp3) is 0.467.